The molecule has 5 nitrogen and oxygen atoms in total. The van der Waals surface area contributed by atoms with Crippen LogP contribution in [0, 0.1) is 0 Å². The molecule has 0 atom stereocenters. The van der Waals surface area contributed by atoms with E-state index in [4.69, 9.17) is 4.74 Å². The molecule has 0 bridgehead atoms. The molecule has 1 fully saturated rings. The molecule has 0 radical (unpaired) electrons. The van der Waals surface area contributed by atoms with Crippen LogP contribution in [-0.4, -0.2) is 42.3 Å². The number of aromatic nitrogens is 1. The van der Waals surface area contributed by atoms with Gasteiger partial charge in [0.2, 0.25) is 0 Å². The summed E-state index contributed by atoms with van der Waals surface area (Å²) < 4.78 is 9.73. The number of amides is 1. The summed E-state index contributed by atoms with van der Waals surface area (Å²) in [7, 11) is 0. The van der Waals surface area contributed by atoms with Gasteiger partial charge in [0, 0.05) is 19.2 Å². The van der Waals surface area contributed by atoms with Gasteiger partial charge in [-0.05, 0) is 0 Å². The predicted molar refractivity (Wildman–Crippen MR) is 43.2 cm³/mol. The van der Waals surface area contributed by atoms with Crippen molar-refractivity contribution in [1.29, 1.82) is 0 Å². The number of carbonyl (C=O) groups excluding carboxylic acids is 1. The number of hydrogen-bond donors (Lipinski definition) is 0. The van der Waals surface area contributed by atoms with Gasteiger partial charge in [0.25, 0.3) is 5.91 Å². The van der Waals surface area contributed by atoms with Crippen molar-refractivity contribution >= 4 is 5.91 Å². The van der Waals surface area contributed by atoms with Gasteiger partial charge < -0.3 is 14.2 Å². The molecule has 1 saturated heterocycles. The lowest BCUT2D eigenvalue weighted by Crippen LogP contribution is -2.40. The van der Waals surface area contributed by atoms with Crippen molar-refractivity contribution in [2.45, 2.75) is 0 Å². The summed E-state index contributed by atoms with van der Waals surface area (Å²) >= 11 is 0. The van der Waals surface area contributed by atoms with E-state index in [1.807, 2.05) is 0 Å². The van der Waals surface area contributed by atoms with Gasteiger partial charge in [0.1, 0.15) is 6.26 Å². The van der Waals surface area contributed by atoms with Crippen LogP contribution in [0.25, 0.3) is 0 Å². The van der Waals surface area contributed by atoms with Gasteiger partial charge in [0.15, 0.2) is 5.69 Å². The van der Waals surface area contributed by atoms with E-state index in [0.717, 1.165) is 0 Å². The Bertz CT molecular complexity index is 278. The highest BCUT2D eigenvalue weighted by molar-refractivity contribution is 5.92. The molecule has 13 heavy (non-hydrogen) atoms. The Morgan fingerprint density at radius 2 is 2.23 bits per heavy atom. The second-order valence-electron chi connectivity index (χ2n) is 2.79. The Kier molecular flexibility index (Phi) is 2.27. The van der Waals surface area contributed by atoms with Crippen molar-refractivity contribution in [2.24, 2.45) is 0 Å². The average Bonchev–Trinajstić information content (AvgIpc) is 2.71. The van der Waals surface area contributed by atoms with Crippen LogP contribution in [0.4, 0.5) is 0 Å². The maximum atomic E-state index is 11.6. The van der Waals surface area contributed by atoms with Gasteiger partial charge in [-0.15, -0.1) is 0 Å². The normalized spacial score (nSPS) is 17.4. The molecule has 0 saturated carbocycles. The van der Waals surface area contributed by atoms with Gasteiger partial charge in [-0.2, -0.15) is 0 Å². The van der Waals surface area contributed by atoms with Crippen molar-refractivity contribution in [2.75, 3.05) is 26.3 Å². The summed E-state index contributed by atoms with van der Waals surface area (Å²) in [4.78, 5) is 13.3. The minimum Gasteiger partial charge on any atom is -0.378 e. The molecule has 2 heterocycles. The number of morpholine rings is 1. The Hall–Kier alpha value is -1.36. The van der Waals surface area contributed by atoms with Gasteiger partial charge in [0.05, 0.1) is 13.2 Å². The van der Waals surface area contributed by atoms with Crippen LogP contribution in [0.1, 0.15) is 10.5 Å². The van der Waals surface area contributed by atoms with Crippen LogP contribution in [0.2, 0.25) is 0 Å². The van der Waals surface area contributed by atoms with E-state index in [1.165, 1.54) is 6.26 Å². The minimum absolute atomic E-state index is 0.0861. The van der Waals surface area contributed by atoms with Crippen LogP contribution < -0.4 is 0 Å². The monoisotopic (exact) mass is 182 g/mol. The molecule has 0 unspecified atom stereocenters. The van der Waals surface area contributed by atoms with E-state index >= 15 is 0 Å². The van der Waals surface area contributed by atoms with Crippen molar-refractivity contribution < 1.29 is 14.1 Å². The van der Waals surface area contributed by atoms with Crippen LogP contribution >= 0.6 is 0 Å². The highest BCUT2D eigenvalue weighted by Gasteiger charge is 2.20. The maximum Gasteiger partial charge on any atom is 0.276 e. The number of ether oxygens (including phenoxy) is 1. The van der Waals surface area contributed by atoms with E-state index in [2.05, 4.69) is 9.68 Å². The van der Waals surface area contributed by atoms with E-state index < -0.39 is 0 Å². The molecule has 1 amide bonds. The molecule has 2 rings (SSSR count). The molecule has 1 aromatic rings. The number of hydrogen-bond acceptors (Lipinski definition) is 4. The predicted octanol–water partition coefficient (Wildman–Crippen LogP) is 0.147. The zero-order valence-corrected chi connectivity index (χ0v) is 7.10. The fourth-order valence-electron chi connectivity index (χ4n) is 1.25. The van der Waals surface area contributed by atoms with Gasteiger partial charge in [-0.25, -0.2) is 0 Å². The van der Waals surface area contributed by atoms with E-state index in [9.17, 15) is 4.79 Å². The Labute approximate surface area is 75.3 Å². The fraction of sp³-hybridized carbons (Fsp3) is 0.500. The second-order valence-corrected chi connectivity index (χ2v) is 2.79. The molecule has 0 aromatic carbocycles. The van der Waals surface area contributed by atoms with Crippen LogP contribution in [0.5, 0.6) is 0 Å². The molecule has 1 aromatic heterocycles. The molecule has 5 heteroatoms. The van der Waals surface area contributed by atoms with Crippen LogP contribution in [0.15, 0.2) is 16.9 Å². The van der Waals surface area contributed by atoms with Crippen LogP contribution in [0.3, 0.4) is 0 Å². The topological polar surface area (TPSA) is 55.6 Å². The fourth-order valence-corrected chi connectivity index (χ4v) is 1.25. The van der Waals surface area contributed by atoms with Crippen molar-refractivity contribution in [3.05, 3.63) is 18.0 Å². The van der Waals surface area contributed by atoms with Gasteiger partial charge in [-0.1, -0.05) is 5.16 Å². The third-order valence-corrected chi connectivity index (χ3v) is 1.96. The SMILES string of the molecule is O=C(c1ccon1)N1CCOCC1. The third kappa shape index (κ3) is 1.70. The van der Waals surface area contributed by atoms with Crippen molar-refractivity contribution in [3.63, 3.8) is 0 Å². The van der Waals surface area contributed by atoms with E-state index in [-0.39, 0.29) is 5.91 Å². The molecular weight excluding hydrogens is 172 g/mol. The number of rotatable bonds is 1. The van der Waals surface area contributed by atoms with Crippen molar-refractivity contribution in [1.82, 2.24) is 10.1 Å². The first kappa shape index (κ1) is 8.25. The first-order valence-corrected chi connectivity index (χ1v) is 4.15. The van der Waals surface area contributed by atoms with E-state index in [1.54, 1.807) is 11.0 Å². The molecule has 0 aliphatic carbocycles. The third-order valence-electron chi connectivity index (χ3n) is 1.96. The Balaban J connectivity index is 2.04. The molecule has 0 N–H and O–H groups in total. The van der Waals surface area contributed by atoms with Crippen LogP contribution in [-0.2, 0) is 4.74 Å². The van der Waals surface area contributed by atoms with E-state index in [0.29, 0.717) is 32.0 Å². The lowest BCUT2D eigenvalue weighted by Gasteiger charge is -2.25. The molecule has 1 aliphatic heterocycles. The first-order valence-electron chi connectivity index (χ1n) is 4.15. The Morgan fingerprint density at radius 3 is 2.85 bits per heavy atom. The summed E-state index contributed by atoms with van der Waals surface area (Å²) in [6.07, 6.45) is 1.40. The summed E-state index contributed by atoms with van der Waals surface area (Å²) in [6, 6.07) is 1.57. The molecular formula is C8H10N2O3. The Morgan fingerprint density at radius 1 is 1.46 bits per heavy atom. The highest BCUT2D eigenvalue weighted by Crippen LogP contribution is 2.04. The highest BCUT2D eigenvalue weighted by atomic mass is 16.5. The minimum atomic E-state index is -0.0861. The summed E-state index contributed by atoms with van der Waals surface area (Å²) in [5, 5.41) is 3.58. The standard InChI is InChI=1S/C8H10N2O3/c11-8(7-1-4-13-9-7)10-2-5-12-6-3-10/h1,4H,2-3,5-6H2. The summed E-state index contributed by atoms with van der Waals surface area (Å²) in [5.41, 5.74) is 0.363. The molecule has 1 aliphatic rings. The number of carbonyl (C=O) groups is 1. The van der Waals surface area contributed by atoms with Crippen molar-refractivity contribution in [3.8, 4) is 0 Å². The lowest BCUT2D eigenvalue weighted by molar-refractivity contribution is 0.0296. The smallest absolute Gasteiger partial charge is 0.276 e. The largest absolute Gasteiger partial charge is 0.378 e. The quantitative estimate of drug-likeness (QED) is 0.620. The van der Waals surface area contributed by atoms with Gasteiger partial charge in [-0.3, -0.25) is 4.79 Å². The van der Waals surface area contributed by atoms with Gasteiger partial charge >= 0.3 is 0 Å². The zero-order valence-electron chi connectivity index (χ0n) is 7.10. The summed E-state index contributed by atoms with van der Waals surface area (Å²) in [6.45, 7) is 2.46. The first-order chi connectivity index (χ1) is 6.38. The second kappa shape index (κ2) is 3.57. The maximum absolute atomic E-state index is 11.6. The summed E-state index contributed by atoms with van der Waals surface area (Å²) in [5.74, 6) is -0.0861. The molecule has 70 valence electrons. The number of nitrogens with zero attached hydrogens (tertiary/aromatic N) is 2. The average molecular weight is 182 g/mol. The molecule has 0 spiro atoms. The lowest BCUT2D eigenvalue weighted by atomic mass is 10.3. The zero-order chi connectivity index (χ0) is 9.10.